The highest BCUT2D eigenvalue weighted by Gasteiger charge is 2.64. The minimum Gasteiger partial charge on any atom is -0.390 e. The molecule has 0 spiro atoms. The van der Waals surface area contributed by atoms with Crippen molar-refractivity contribution in [2.75, 3.05) is 0 Å². The summed E-state index contributed by atoms with van der Waals surface area (Å²) in [6.07, 6.45) is 7.62. The normalized spacial score (nSPS) is 51.7. The molecule has 3 nitrogen and oxygen atoms in total. The van der Waals surface area contributed by atoms with Gasteiger partial charge in [0.05, 0.1) is 17.3 Å². The van der Waals surface area contributed by atoms with Gasteiger partial charge in [-0.3, -0.25) is 4.79 Å². The summed E-state index contributed by atoms with van der Waals surface area (Å²) in [5, 5.41) is 11.0. The van der Waals surface area contributed by atoms with E-state index in [2.05, 4.69) is 19.6 Å². The third-order valence-electron chi connectivity index (χ3n) is 7.23. The van der Waals surface area contributed by atoms with Crippen LogP contribution in [0.2, 0.25) is 0 Å². The van der Waals surface area contributed by atoms with Crippen molar-refractivity contribution in [3.8, 4) is 0 Å². The van der Waals surface area contributed by atoms with Crippen molar-refractivity contribution in [2.24, 2.45) is 22.7 Å². The molecule has 1 N–H and O–H groups in total. The Kier molecular flexibility index (Phi) is 3.53. The van der Waals surface area contributed by atoms with Gasteiger partial charge in [0.15, 0.2) is 5.78 Å². The Morgan fingerprint density at radius 1 is 1.26 bits per heavy atom. The van der Waals surface area contributed by atoms with Crippen LogP contribution in [0.1, 0.15) is 53.9 Å². The Morgan fingerprint density at radius 2 is 1.91 bits per heavy atom. The van der Waals surface area contributed by atoms with E-state index in [0.717, 1.165) is 12.8 Å². The summed E-state index contributed by atoms with van der Waals surface area (Å²) in [6.45, 7) is 14.3. The fraction of sp³-hybridized carbons (Fsp3) is 0.750. The van der Waals surface area contributed by atoms with Crippen LogP contribution in [-0.2, 0) is 9.53 Å². The predicted octanol–water partition coefficient (Wildman–Crippen LogP) is 3.67. The third kappa shape index (κ3) is 2.12. The van der Waals surface area contributed by atoms with Crippen molar-refractivity contribution in [3.63, 3.8) is 0 Å². The molecule has 1 saturated carbocycles. The maximum Gasteiger partial charge on any atom is 0.161 e. The average Bonchev–Trinajstić information content (AvgIpc) is 2.47. The van der Waals surface area contributed by atoms with Crippen LogP contribution in [0.5, 0.6) is 0 Å². The maximum atomic E-state index is 12.4. The Morgan fingerprint density at radius 3 is 2.52 bits per heavy atom. The highest BCUT2D eigenvalue weighted by molar-refractivity contribution is 5.95. The minimum atomic E-state index is -0.604. The number of rotatable bonds is 1. The number of carbonyl (C=O) groups excluding carboxylic acids is 1. The van der Waals surface area contributed by atoms with Crippen molar-refractivity contribution >= 4 is 5.78 Å². The number of aliphatic hydroxyl groups excluding tert-OH is 1. The number of fused-ring (bicyclic) bond motifs is 3. The van der Waals surface area contributed by atoms with E-state index in [4.69, 9.17) is 4.74 Å². The van der Waals surface area contributed by atoms with Crippen LogP contribution in [0.4, 0.5) is 0 Å². The van der Waals surface area contributed by atoms with E-state index in [1.807, 2.05) is 33.8 Å². The highest BCUT2D eigenvalue weighted by atomic mass is 16.5. The molecule has 1 aliphatic heterocycles. The first-order valence-electron chi connectivity index (χ1n) is 8.75. The zero-order valence-electron chi connectivity index (χ0n) is 15.1. The number of carbonyl (C=O) groups is 1. The second kappa shape index (κ2) is 4.80. The molecule has 0 aromatic heterocycles. The van der Waals surface area contributed by atoms with Crippen LogP contribution in [-0.4, -0.2) is 28.2 Å². The van der Waals surface area contributed by atoms with E-state index in [1.54, 1.807) is 6.08 Å². The summed E-state index contributed by atoms with van der Waals surface area (Å²) in [5.74, 6) is 0.501. The molecule has 6 atom stereocenters. The molecule has 128 valence electrons. The molecule has 23 heavy (non-hydrogen) atoms. The molecule has 0 radical (unpaired) electrons. The highest BCUT2D eigenvalue weighted by Crippen LogP contribution is 2.63. The van der Waals surface area contributed by atoms with Gasteiger partial charge < -0.3 is 9.84 Å². The van der Waals surface area contributed by atoms with E-state index in [1.165, 1.54) is 0 Å². The number of ketones is 1. The summed E-state index contributed by atoms with van der Waals surface area (Å²) in [4.78, 5) is 12.4. The van der Waals surface area contributed by atoms with Gasteiger partial charge in [0.25, 0.3) is 0 Å². The Bertz CT molecular complexity index is 577. The second-order valence-corrected chi connectivity index (χ2v) is 8.98. The van der Waals surface area contributed by atoms with Crippen LogP contribution < -0.4 is 0 Å². The quantitative estimate of drug-likeness (QED) is 0.750. The molecule has 1 saturated heterocycles. The van der Waals surface area contributed by atoms with Crippen LogP contribution in [0.15, 0.2) is 24.8 Å². The lowest BCUT2D eigenvalue weighted by Crippen LogP contribution is -2.68. The molecule has 2 aliphatic carbocycles. The van der Waals surface area contributed by atoms with Gasteiger partial charge in [-0.2, -0.15) is 0 Å². The van der Waals surface area contributed by atoms with Crippen molar-refractivity contribution in [1.29, 1.82) is 0 Å². The molecule has 0 aromatic carbocycles. The smallest absolute Gasteiger partial charge is 0.161 e. The lowest BCUT2D eigenvalue weighted by Gasteiger charge is -2.64. The van der Waals surface area contributed by atoms with Gasteiger partial charge in [-0.15, -0.1) is 6.58 Å². The first kappa shape index (κ1) is 16.9. The number of aliphatic hydroxyl groups is 1. The summed E-state index contributed by atoms with van der Waals surface area (Å²) in [6, 6.07) is 0. The number of allylic oxidation sites excluding steroid dienone is 2. The number of ether oxygens (including phenoxy) is 1. The van der Waals surface area contributed by atoms with Gasteiger partial charge >= 0.3 is 0 Å². The van der Waals surface area contributed by atoms with Gasteiger partial charge in [-0.25, -0.2) is 0 Å². The predicted molar refractivity (Wildman–Crippen MR) is 91.0 cm³/mol. The van der Waals surface area contributed by atoms with E-state index >= 15 is 0 Å². The summed E-state index contributed by atoms with van der Waals surface area (Å²) >= 11 is 0. The van der Waals surface area contributed by atoms with Gasteiger partial charge in [-0.05, 0) is 56.4 Å². The summed E-state index contributed by atoms with van der Waals surface area (Å²) in [7, 11) is 0. The first-order valence-corrected chi connectivity index (χ1v) is 8.75. The van der Waals surface area contributed by atoms with Crippen LogP contribution in [0.25, 0.3) is 0 Å². The van der Waals surface area contributed by atoms with E-state index in [0.29, 0.717) is 6.42 Å². The van der Waals surface area contributed by atoms with Crippen LogP contribution in [0, 0.1) is 22.7 Å². The Hall–Kier alpha value is -0.930. The molecule has 0 bridgehead atoms. The first-order chi connectivity index (χ1) is 10.5. The zero-order valence-corrected chi connectivity index (χ0v) is 15.1. The van der Waals surface area contributed by atoms with Crippen LogP contribution in [0.3, 0.4) is 0 Å². The van der Waals surface area contributed by atoms with Gasteiger partial charge in [0.1, 0.15) is 0 Å². The van der Waals surface area contributed by atoms with Crippen molar-refractivity contribution in [3.05, 3.63) is 24.8 Å². The molecule has 0 aromatic rings. The Balaban J connectivity index is 2.08. The van der Waals surface area contributed by atoms with E-state index in [-0.39, 0.29) is 28.6 Å². The fourth-order valence-corrected chi connectivity index (χ4v) is 5.61. The molecular formula is C20H30O3. The Labute approximate surface area is 139 Å². The number of hydrogen-bond acceptors (Lipinski definition) is 3. The lowest BCUT2D eigenvalue weighted by molar-refractivity contribution is -0.275. The van der Waals surface area contributed by atoms with Crippen molar-refractivity contribution in [1.82, 2.24) is 0 Å². The summed E-state index contributed by atoms with van der Waals surface area (Å²) < 4.78 is 6.45. The molecule has 2 fully saturated rings. The monoisotopic (exact) mass is 318 g/mol. The molecular weight excluding hydrogens is 288 g/mol. The lowest BCUT2D eigenvalue weighted by atomic mass is 9.45. The molecule has 3 heteroatoms. The molecule has 1 heterocycles. The third-order valence-corrected chi connectivity index (χ3v) is 7.23. The maximum absolute atomic E-state index is 12.4. The largest absolute Gasteiger partial charge is 0.390 e. The van der Waals surface area contributed by atoms with Gasteiger partial charge in [0, 0.05) is 5.41 Å². The standard InChI is InChI=1S/C20H30O3/c1-7-18(4)10-8-13-19(5)11-9-15(21)17(2,3)14(19)12-16(22)20(13,6)23-18/h7,9,11,13-14,16,22H,1,8,10,12H2,2-6H3. The van der Waals surface area contributed by atoms with Gasteiger partial charge in [0.2, 0.25) is 0 Å². The topological polar surface area (TPSA) is 46.5 Å². The molecule has 3 aliphatic rings. The van der Waals surface area contributed by atoms with E-state index < -0.39 is 17.1 Å². The van der Waals surface area contributed by atoms with Crippen molar-refractivity contribution in [2.45, 2.75) is 71.2 Å². The van der Waals surface area contributed by atoms with Crippen LogP contribution >= 0.6 is 0 Å². The molecule has 0 amide bonds. The zero-order chi connectivity index (χ0) is 17.3. The van der Waals surface area contributed by atoms with Crippen molar-refractivity contribution < 1.29 is 14.6 Å². The average molecular weight is 318 g/mol. The molecule has 6 unspecified atom stereocenters. The molecule has 3 rings (SSSR count). The minimum absolute atomic E-state index is 0.131. The fourth-order valence-electron chi connectivity index (χ4n) is 5.61. The van der Waals surface area contributed by atoms with Gasteiger partial charge in [-0.1, -0.05) is 32.9 Å². The number of hydrogen-bond donors (Lipinski definition) is 1. The van der Waals surface area contributed by atoms with E-state index in [9.17, 15) is 9.90 Å². The SMILES string of the molecule is C=CC1(C)CCC2C3(C)C=CC(=O)C(C)(C)C3CC(O)C2(C)O1. The summed E-state index contributed by atoms with van der Waals surface area (Å²) in [5.41, 5.74) is -1.56. The second-order valence-electron chi connectivity index (χ2n) is 8.98.